The van der Waals surface area contributed by atoms with Gasteiger partial charge in [0, 0.05) is 22.8 Å². The Morgan fingerprint density at radius 1 is 0.967 bits per heavy atom. The van der Waals surface area contributed by atoms with Gasteiger partial charge in [0.05, 0.1) is 12.1 Å². The van der Waals surface area contributed by atoms with E-state index < -0.39 is 18.4 Å². The second-order valence-corrected chi connectivity index (χ2v) is 6.60. The zero-order valence-electron chi connectivity index (χ0n) is 16.5. The zero-order valence-corrected chi connectivity index (χ0v) is 16.5. The predicted molar refractivity (Wildman–Crippen MR) is 109 cm³/mol. The number of hydrogen-bond donors (Lipinski definition) is 2. The molecule has 0 atom stereocenters. The van der Waals surface area contributed by atoms with E-state index in [0.717, 1.165) is 17.1 Å². The molecule has 2 amide bonds. The van der Waals surface area contributed by atoms with Gasteiger partial charge in [-0.05, 0) is 62.4 Å². The number of anilines is 1. The topological polar surface area (TPSA) is 72.4 Å². The van der Waals surface area contributed by atoms with Gasteiger partial charge in [0.1, 0.15) is 5.75 Å². The molecule has 3 rings (SSSR count). The predicted octanol–water partition coefficient (Wildman–Crippen LogP) is 4.06. The lowest BCUT2D eigenvalue weighted by Gasteiger charge is -2.12. The smallest absolute Gasteiger partial charge is 0.387 e. The molecule has 0 saturated carbocycles. The molecule has 0 saturated heterocycles. The number of para-hydroxylation sites is 1. The molecule has 0 radical (unpaired) electrons. The maximum atomic E-state index is 12.5. The number of carbonyl (C=O) groups excluding carboxylic acids is 2. The van der Waals surface area contributed by atoms with E-state index in [1.807, 2.05) is 38.1 Å². The molecule has 30 heavy (non-hydrogen) atoms. The van der Waals surface area contributed by atoms with Crippen LogP contribution in [0.2, 0.25) is 0 Å². The van der Waals surface area contributed by atoms with Gasteiger partial charge in [0.15, 0.2) is 0 Å². The summed E-state index contributed by atoms with van der Waals surface area (Å²) in [6.45, 7) is 0.648. The number of nitrogens with one attached hydrogen (secondary N) is 2. The van der Waals surface area contributed by atoms with Crippen molar-refractivity contribution < 1.29 is 23.1 Å². The fraction of sp³-hybridized carbons (Fsp3) is 0.182. The van der Waals surface area contributed by atoms with E-state index in [9.17, 15) is 18.4 Å². The molecule has 0 bridgehead atoms. The minimum Gasteiger partial charge on any atom is -0.434 e. The third kappa shape index (κ3) is 5.02. The van der Waals surface area contributed by atoms with Crippen molar-refractivity contribution in [3.05, 3.63) is 77.6 Å². The molecule has 0 fully saturated rings. The van der Waals surface area contributed by atoms with E-state index in [2.05, 4.69) is 19.9 Å². The summed E-state index contributed by atoms with van der Waals surface area (Å²) in [7, 11) is 0. The van der Waals surface area contributed by atoms with Crippen LogP contribution >= 0.6 is 0 Å². The molecule has 1 heterocycles. The average molecular weight is 413 g/mol. The first kappa shape index (κ1) is 21.0. The summed E-state index contributed by atoms with van der Waals surface area (Å²) in [6, 6.07) is 16.9. The van der Waals surface area contributed by atoms with E-state index in [-0.39, 0.29) is 17.9 Å². The summed E-state index contributed by atoms with van der Waals surface area (Å²) >= 11 is 0. The molecule has 8 heteroatoms. The summed E-state index contributed by atoms with van der Waals surface area (Å²) in [6.07, 6.45) is 0. The second-order valence-electron chi connectivity index (χ2n) is 6.60. The number of amides is 2. The minimum atomic E-state index is -3.05. The van der Waals surface area contributed by atoms with Gasteiger partial charge in [0.25, 0.3) is 5.91 Å². The van der Waals surface area contributed by atoms with Crippen LogP contribution in [0.4, 0.5) is 14.5 Å². The number of aromatic nitrogens is 1. The van der Waals surface area contributed by atoms with Crippen molar-refractivity contribution >= 4 is 17.5 Å². The lowest BCUT2D eigenvalue weighted by Crippen LogP contribution is -2.33. The van der Waals surface area contributed by atoms with Crippen molar-refractivity contribution in [3.63, 3.8) is 0 Å². The molecule has 2 N–H and O–H groups in total. The van der Waals surface area contributed by atoms with E-state index in [1.54, 1.807) is 12.1 Å². The fourth-order valence-electron chi connectivity index (χ4n) is 3.08. The monoisotopic (exact) mass is 413 g/mol. The molecule has 0 aliphatic heterocycles. The van der Waals surface area contributed by atoms with Crippen molar-refractivity contribution in [3.8, 4) is 11.4 Å². The summed E-state index contributed by atoms with van der Waals surface area (Å²) in [5.41, 5.74) is 3.66. The van der Waals surface area contributed by atoms with Crippen LogP contribution in [0.1, 0.15) is 21.7 Å². The molecule has 1 aromatic heterocycles. The van der Waals surface area contributed by atoms with Crippen molar-refractivity contribution in [2.24, 2.45) is 0 Å². The Balaban J connectivity index is 1.58. The number of hydrogen-bond acceptors (Lipinski definition) is 3. The number of benzene rings is 2. The molecular formula is C22H21F2N3O3. The summed E-state index contributed by atoms with van der Waals surface area (Å²) in [4.78, 5) is 24.4. The number of alkyl halides is 2. The summed E-state index contributed by atoms with van der Waals surface area (Å²) in [5, 5.41) is 5.08. The lowest BCUT2D eigenvalue weighted by molar-refractivity contribution is -0.115. The Morgan fingerprint density at radius 2 is 1.60 bits per heavy atom. The van der Waals surface area contributed by atoms with Crippen LogP contribution in [0.5, 0.6) is 5.75 Å². The van der Waals surface area contributed by atoms with Crippen LogP contribution in [0.15, 0.2) is 60.7 Å². The van der Waals surface area contributed by atoms with E-state index in [4.69, 9.17) is 0 Å². The Morgan fingerprint density at radius 3 is 2.23 bits per heavy atom. The van der Waals surface area contributed by atoms with Crippen molar-refractivity contribution in [2.45, 2.75) is 20.5 Å². The van der Waals surface area contributed by atoms with Gasteiger partial charge in [-0.2, -0.15) is 8.78 Å². The Bertz CT molecular complexity index is 1030. The van der Waals surface area contributed by atoms with E-state index in [1.165, 1.54) is 24.3 Å². The van der Waals surface area contributed by atoms with Crippen molar-refractivity contribution in [1.82, 2.24) is 9.88 Å². The third-order valence-electron chi connectivity index (χ3n) is 4.44. The van der Waals surface area contributed by atoms with Crippen LogP contribution in [0.3, 0.4) is 0 Å². The Labute approximate surface area is 172 Å². The number of rotatable bonds is 7. The molecule has 0 aliphatic carbocycles. The Hall–Kier alpha value is -3.68. The van der Waals surface area contributed by atoms with Gasteiger partial charge in [-0.15, -0.1) is 0 Å². The number of nitrogens with zero attached hydrogens (tertiary/aromatic N) is 1. The highest BCUT2D eigenvalue weighted by atomic mass is 19.3. The number of halogens is 2. The SMILES string of the molecule is Cc1ccc(C)n1-c1ccc(NC(=O)CNC(=O)c2ccccc2OC(F)F)cc1. The van der Waals surface area contributed by atoms with Gasteiger partial charge in [0.2, 0.25) is 5.91 Å². The number of ether oxygens (including phenoxy) is 1. The van der Waals surface area contributed by atoms with Gasteiger partial charge in [-0.3, -0.25) is 9.59 Å². The average Bonchev–Trinajstić information content (AvgIpc) is 3.05. The highest BCUT2D eigenvalue weighted by molar-refractivity contribution is 6.00. The maximum absolute atomic E-state index is 12.5. The fourth-order valence-corrected chi connectivity index (χ4v) is 3.08. The molecule has 0 aliphatic rings. The number of carbonyl (C=O) groups is 2. The van der Waals surface area contributed by atoms with E-state index in [0.29, 0.717) is 5.69 Å². The lowest BCUT2D eigenvalue weighted by atomic mass is 10.2. The highest BCUT2D eigenvalue weighted by Gasteiger charge is 2.16. The van der Waals surface area contributed by atoms with Crippen LogP contribution in [-0.2, 0) is 4.79 Å². The molecule has 6 nitrogen and oxygen atoms in total. The molecule has 156 valence electrons. The van der Waals surface area contributed by atoms with Crippen molar-refractivity contribution in [2.75, 3.05) is 11.9 Å². The van der Waals surface area contributed by atoms with Gasteiger partial charge >= 0.3 is 6.61 Å². The van der Waals surface area contributed by atoms with Crippen LogP contribution in [-0.4, -0.2) is 29.5 Å². The van der Waals surface area contributed by atoms with Gasteiger partial charge < -0.3 is 19.9 Å². The van der Waals surface area contributed by atoms with Crippen molar-refractivity contribution in [1.29, 1.82) is 0 Å². The number of aryl methyl sites for hydroxylation is 2. The standard InChI is InChI=1S/C22H21F2N3O3/c1-14-7-8-15(2)27(14)17-11-9-16(10-12-17)26-20(28)13-25-21(29)18-5-3-4-6-19(18)30-22(23)24/h3-12,22H,13H2,1-2H3,(H,25,29)(H,26,28). The van der Waals surface area contributed by atoms with Crippen LogP contribution in [0.25, 0.3) is 5.69 Å². The third-order valence-corrected chi connectivity index (χ3v) is 4.44. The minimum absolute atomic E-state index is 0.0765. The summed E-state index contributed by atoms with van der Waals surface area (Å²) in [5.74, 6) is -1.39. The molecule has 0 unspecified atom stereocenters. The van der Waals surface area contributed by atoms with Gasteiger partial charge in [-0.1, -0.05) is 12.1 Å². The highest BCUT2D eigenvalue weighted by Crippen LogP contribution is 2.20. The van der Waals surface area contributed by atoms with E-state index >= 15 is 0 Å². The largest absolute Gasteiger partial charge is 0.434 e. The quantitative estimate of drug-likeness (QED) is 0.614. The molecule has 3 aromatic rings. The van der Waals surface area contributed by atoms with Crippen LogP contribution in [0, 0.1) is 13.8 Å². The normalized spacial score (nSPS) is 10.7. The second kappa shape index (κ2) is 9.21. The van der Waals surface area contributed by atoms with Crippen LogP contribution < -0.4 is 15.4 Å². The first-order chi connectivity index (χ1) is 14.3. The first-order valence-electron chi connectivity index (χ1n) is 9.22. The summed E-state index contributed by atoms with van der Waals surface area (Å²) < 4.78 is 31.3. The zero-order chi connectivity index (χ0) is 21.7. The first-order valence-corrected chi connectivity index (χ1v) is 9.22. The molecule has 2 aromatic carbocycles. The molecular weight excluding hydrogens is 392 g/mol. The maximum Gasteiger partial charge on any atom is 0.387 e. The molecule has 0 spiro atoms. The van der Waals surface area contributed by atoms with Gasteiger partial charge in [-0.25, -0.2) is 0 Å². The Kier molecular flexibility index (Phi) is 6.46.